The first kappa shape index (κ1) is 16.5. The molecule has 0 radical (unpaired) electrons. The number of esters is 1. The third kappa shape index (κ3) is 2.78. The maximum absolute atomic E-state index is 12.8. The van der Waals surface area contributed by atoms with Crippen molar-refractivity contribution in [3.63, 3.8) is 0 Å². The van der Waals surface area contributed by atoms with E-state index in [4.69, 9.17) is 14.2 Å². The highest BCUT2D eigenvalue weighted by molar-refractivity contribution is 5.91. The molecular weight excluding hydrogens is 298 g/mol. The lowest BCUT2D eigenvalue weighted by Crippen LogP contribution is -2.40. The number of carbonyl (C=O) groups excluding carboxylic acids is 2. The van der Waals surface area contributed by atoms with Crippen molar-refractivity contribution < 1.29 is 23.8 Å². The lowest BCUT2D eigenvalue weighted by atomic mass is 9.77. The molecule has 1 spiro atoms. The zero-order chi connectivity index (χ0) is 16.6. The van der Waals surface area contributed by atoms with E-state index >= 15 is 0 Å². The summed E-state index contributed by atoms with van der Waals surface area (Å²) in [7, 11) is 0. The van der Waals surface area contributed by atoms with E-state index in [1.165, 1.54) is 0 Å². The van der Waals surface area contributed by atoms with E-state index in [9.17, 15) is 9.59 Å². The number of fused-ring (bicyclic) bond motifs is 1. The average molecular weight is 323 g/mol. The Kier molecular flexibility index (Phi) is 4.47. The number of nitrogens with zero attached hydrogens (tertiary/aromatic N) is 1. The molecular formula is C17H25NO5. The fourth-order valence-electron chi connectivity index (χ4n) is 3.85. The summed E-state index contributed by atoms with van der Waals surface area (Å²) in [5.74, 6) is -1.28. The molecule has 3 aliphatic rings. The van der Waals surface area contributed by atoms with Gasteiger partial charge in [-0.25, -0.2) is 0 Å². The molecule has 6 nitrogen and oxygen atoms in total. The predicted molar refractivity (Wildman–Crippen MR) is 82.6 cm³/mol. The van der Waals surface area contributed by atoms with Gasteiger partial charge in [0.25, 0.3) is 0 Å². The summed E-state index contributed by atoms with van der Waals surface area (Å²) in [5, 5.41) is 0. The van der Waals surface area contributed by atoms with Gasteiger partial charge in [-0.3, -0.25) is 9.59 Å². The SMILES string of the molecule is CCOC(=O)[C@H]1[C@H]2C(=O)N(CCCOC(C)C)C[C@@]23C=C[C@H]1O3. The minimum atomic E-state index is -0.641. The molecule has 0 N–H and O–H groups in total. The van der Waals surface area contributed by atoms with Crippen molar-refractivity contribution >= 4 is 11.9 Å². The Hall–Kier alpha value is -1.40. The van der Waals surface area contributed by atoms with E-state index in [0.717, 1.165) is 6.42 Å². The van der Waals surface area contributed by atoms with Gasteiger partial charge in [0.05, 0.1) is 31.3 Å². The second-order valence-corrected chi connectivity index (χ2v) is 6.68. The second-order valence-electron chi connectivity index (χ2n) is 6.68. The number of hydrogen-bond acceptors (Lipinski definition) is 5. The quantitative estimate of drug-likeness (QED) is 0.399. The summed E-state index contributed by atoms with van der Waals surface area (Å²) in [6, 6.07) is 0. The minimum absolute atomic E-state index is 0.000509. The Balaban J connectivity index is 1.66. The van der Waals surface area contributed by atoms with E-state index in [1.807, 2.05) is 26.0 Å². The molecule has 6 heteroatoms. The average Bonchev–Trinajstić information content (AvgIpc) is 3.12. The van der Waals surface area contributed by atoms with E-state index in [1.54, 1.807) is 11.8 Å². The van der Waals surface area contributed by atoms with Gasteiger partial charge >= 0.3 is 5.97 Å². The lowest BCUT2D eigenvalue weighted by molar-refractivity contribution is -0.153. The van der Waals surface area contributed by atoms with Gasteiger partial charge in [0.2, 0.25) is 5.91 Å². The first-order valence-electron chi connectivity index (χ1n) is 8.42. The molecule has 0 saturated carbocycles. The fraction of sp³-hybridized carbons (Fsp3) is 0.765. The topological polar surface area (TPSA) is 65.1 Å². The summed E-state index contributed by atoms with van der Waals surface area (Å²) in [5.41, 5.74) is -0.641. The van der Waals surface area contributed by atoms with Crippen LogP contribution in [0.25, 0.3) is 0 Å². The van der Waals surface area contributed by atoms with Crippen LogP contribution in [0.5, 0.6) is 0 Å². The van der Waals surface area contributed by atoms with Crippen LogP contribution >= 0.6 is 0 Å². The Bertz CT molecular complexity index is 517. The molecule has 0 unspecified atom stereocenters. The van der Waals surface area contributed by atoms with Crippen LogP contribution < -0.4 is 0 Å². The predicted octanol–water partition coefficient (Wildman–Crippen LogP) is 1.15. The molecule has 2 fully saturated rings. The third-order valence-electron chi connectivity index (χ3n) is 4.76. The Morgan fingerprint density at radius 3 is 3.00 bits per heavy atom. The van der Waals surface area contributed by atoms with Gasteiger partial charge in [0.15, 0.2) is 0 Å². The Morgan fingerprint density at radius 2 is 2.30 bits per heavy atom. The standard InChI is InChI=1S/C17H25NO5/c1-4-21-16(20)13-12-6-7-17(23-12)10-18(15(19)14(13)17)8-5-9-22-11(2)3/h6-7,11-14H,4-5,8-10H2,1-3H3/t12-,13-,14+,17+/m1/s1. The van der Waals surface area contributed by atoms with Crippen LogP contribution in [-0.2, 0) is 23.8 Å². The van der Waals surface area contributed by atoms with Gasteiger partial charge in [-0.15, -0.1) is 0 Å². The number of carbonyl (C=O) groups is 2. The molecule has 1 amide bonds. The molecule has 3 aliphatic heterocycles. The van der Waals surface area contributed by atoms with Crippen LogP contribution in [-0.4, -0.2) is 60.9 Å². The number of rotatable bonds is 7. The number of likely N-dealkylation sites (tertiary alicyclic amines) is 1. The van der Waals surface area contributed by atoms with Crippen molar-refractivity contribution in [3.05, 3.63) is 12.2 Å². The largest absolute Gasteiger partial charge is 0.466 e. The first-order chi connectivity index (χ1) is 11.0. The molecule has 3 rings (SSSR count). The molecule has 4 atom stereocenters. The molecule has 23 heavy (non-hydrogen) atoms. The van der Waals surface area contributed by atoms with Gasteiger partial charge < -0.3 is 19.1 Å². The second kappa shape index (κ2) is 6.24. The molecule has 2 bridgehead atoms. The van der Waals surface area contributed by atoms with Crippen molar-refractivity contribution in [3.8, 4) is 0 Å². The van der Waals surface area contributed by atoms with Gasteiger partial charge in [0.1, 0.15) is 11.5 Å². The van der Waals surface area contributed by atoms with Gasteiger partial charge in [-0.1, -0.05) is 12.2 Å². The molecule has 128 valence electrons. The van der Waals surface area contributed by atoms with Crippen molar-refractivity contribution in [1.29, 1.82) is 0 Å². The van der Waals surface area contributed by atoms with Crippen LogP contribution in [0.1, 0.15) is 27.2 Å². The zero-order valence-corrected chi connectivity index (χ0v) is 14.0. The van der Waals surface area contributed by atoms with Crippen LogP contribution in [0.4, 0.5) is 0 Å². The molecule has 0 aromatic carbocycles. The molecule has 3 heterocycles. The van der Waals surface area contributed by atoms with Gasteiger partial charge in [-0.2, -0.15) is 0 Å². The van der Waals surface area contributed by atoms with E-state index < -0.39 is 17.4 Å². The highest BCUT2D eigenvalue weighted by Crippen LogP contribution is 2.52. The van der Waals surface area contributed by atoms with Gasteiger partial charge in [-0.05, 0) is 27.2 Å². The van der Waals surface area contributed by atoms with Crippen molar-refractivity contribution in [2.75, 3.05) is 26.3 Å². The fourth-order valence-corrected chi connectivity index (χ4v) is 3.85. The molecule has 0 aliphatic carbocycles. The van der Waals surface area contributed by atoms with Crippen molar-refractivity contribution in [2.24, 2.45) is 11.8 Å². The zero-order valence-electron chi connectivity index (χ0n) is 14.0. The maximum Gasteiger partial charge on any atom is 0.312 e. The van der Waals surface area contributed by atoms with Crippen LogP contribution in [0.15, 0.2) is 12.2 Å². The molecule has 2 saturated heterocycles. The summed E-state index contributed by atoms with van der Waals surface area (Å²) in [6.07, 6.45) is 4.51. The molecule has 0 aromatic rings. The van der Waals surface area contributed by atoms with Crippen LogP contribution in [0.3, 0.4) is 0 Å². The minimum Gasteiger partial charge on any atom is -0.466 e. The summed E-state index contributed by atoms with van der Waals surface area (Å²) in [6.45, 7) is 7.84. The molecule has 0 aromatic heterocycles. The smallest absolute Gasteiger partial charge is 0.312 e. The third-order valence-corrected chi connectivity index (χ3v) is 4.76. The maximum atomic E-state index is 12.8. The number of ether oxygens (including phenoxy) is 3. The van der Waals surface area contributed by atoms with Gasteiger partial charge in [0, 0.05) is 13.2 Å². The normalized spacial score (nSPS) is 34.5. The van der Waals surface area contributed by atoms with Crippen molar-refractivity contribution in [2.45, 2.75) is 45.0 Å². The van der Waals surface area contributed by atoms with Crippen molar-refractivity contribution in [1.82, 2.24) is 4.90 Å². The first-order valence-corrected chi connectivity index (χ1v) is 8.42. The lowest BCUT2D eigenvalue weighted by Gasteiger charge is -2.22. The Morgan fingerprint density at radius 1 is 1.52 bits per heavy atom. The number of hydrogen-bond donors (Lipinski definition) is 0. The highest BCUT2D eigenvalue weighted by Gasteiger charge is 2.67. The highest BCUT2D eigenvalue weighted by atomic mass is 16.6. The monoisotopic (exact) mass is 323 g/mol. The summed E-state index contributed by atoms with van der Waals surface area (Å²) in [4.78, 5) is 26.8. The van der Waals surface area contributed by atoms with Crippen LogP contribution in [0.2, 0.25) is 0 Å². The van der Waals surface area contributed by atoms with E-state index in [2.05, 4.69) is 0 Å². The summed E-state index contributed by atoms with van der Waals surface area (Å²) < 4.78 is 16.7. The summed E-state index contributed by atoms with van der Waals surface area (Å²) >= 11 is 0. The van der Waals surface area contributed by atoms with E-state index in [-0.39, 0.29) is 24.1 Å². The van der Waals surface area contributed by atoms with Crippen LogP contribution in [0, 0.1) is 11.8 Å². The number of amides is 1. The Labute approximate surface area is 136 Å². The van der Waals surface area contributed by atoms with E-state index in [0.29, 0.717) is 26.3 Å².